The third kappa shape index (κ3) is 5.14. The van der Waals surface area contributed by atoms with Crippen LogP contribution in [0.4, 0.5) is 11.4 Å². The fourth-order valence-corrected chi connectivity index (χ4v) is 7.27. The van der Waals surface area contributed by atoms with E-state index in [1.807, 2.05) is 42.0 Å². The number of H-pyrrole nitrogens is 1. The van der Waals surface area contributed by atoms with Crippen molar-refractivity contribution >= 4 is 34.9 Å². The number of fused-ring (bicyclic) bond motifs is 2. The van der Waals surface area contributed by atoms with Crippen LogP contribution in [0.2, 0.25) is 0 Å². The van der Waals surface area contributed by atoms with Gasteiger partial charge in [0.2, 0.25) is 5.56 Å². The summed E-state index contributed by atoms with van der Waals surface area (Å²) >= 11 is 3.63. The largest absolute Gasteiger partial charge is 0.378 e. The number of hydrogen-bond acceptors (Lipinski definition) is 7. The first-order valence-corrected chi connectivity index (χ1v) is 14.0. The molecule has 188 valence electrons. The molecule has 2 aliphatic heterocycles. The van der Waals surface area contributed by atoms with Crippen molar-refractivity contribution < 1.29 is 4.74 Å². The summed E-state index contributed by atoms with van der Waals surface area (Å²) in [5.74, 6) is 0. The Balaban J connectivity index is 1.22. The molecular weight excluding hydrogens is 500 g/mol. The van der Waals surface area contributed by atoms with E-state index in [0.717, 1.165) is 17.9 Å². The Morgan fingerprint density at radius 1 is 1.08 bits per heavy atom. The van der Waals surface area contributed by atoms with Crippen LogP contribution in [-0.2, 0) is 4.74 Å². The van der Waals surface area contributed by atoms with Gasteiger partial charge in [0.05, 0.1) is 12.6 Å². The van der Waals surface area contributed by atoms with Crippen LogP contribution in [0.1, 0.15) is 35.8 Å². The van der Waals surface area contributed by atoms with Crippen LogP contribution in [0.15, 0.2) is 97.6 Å². The highest BCUT2D eigenvalue weighted by Gasteiger charge is 2.28. The van der Waals surface area contributed by atoms with Crippen molar-refractivity contribution in [1.82, 2.24) is 9.97 Å². The normalized spacial score (nSPS) is 17.6. The first-order valence-electron chi connectivity index (χ1n) is 12.4. The standard InChI is InChI=1S/C29H28N4O2S2/c1-18-12-20(16-30-15-18)19(2)32-21-6-7-25-27(13-21)36-26-5-3-4-23(29(26)37-25)24-17-33(10-11-35-24)22-8-9-31-28(34)14-22/h3-9,12-16,19,24,32H,10-11,17H2,1-2H3,(H,31,34). The van der Waals surface area contributed by atoms with Gasteiger partial charge in [-0.15, -0.1) is 0 Å². The highest BCUT2D eigenvalue weighted by atomic mass is 32.2. The third-order valence-corrected chi connectivity index (χ3v) is 9.31. The van der Waals surface area contributed by atoms with Gasteiger partial charge in [-0.05, 0) is 60.9 Å². The minimum atomic E-state index is -0.0833. The van der Waals surface area contributed by atoms with Crippen LogP contribution < -0.4 is 15.8 Å². The molecule has 0 saturated carbocycles. The predicted octanol–water partition coefficient (Wildman–Crippen LogP) is 6.45. The van der Waals surface area contributed by atoms with E-state index >= 15 is 0 Å². The zero-order valence-electron chi connectivity index (χ0n) is 20.7. The van der Waals surface area contributed by atoms with Crippen LogP contribution in [0.25, 0.3) is 0 Å². The van der Waals surface area contributed by atoms with E-state index in [9.17, 15) is 4.79 Å². The second kappa shape index (κ2) is 10.3. The number of hydrogen-bond donors (Lipinski definition) is 2. The van der Waals surface area contributed by atoms with Crippen molar-refractivity contribution in [2.24, 2.45) is 0 Å². The lowest BCUT2D eigenvalue weighted by molar-refractivity contribution is 0.0379. The number of anilines is 2. The first-order chi connectivity index (χ1) is 18.0. The minimum absolute atomic E-state index is 0.0534. The summed E-state index contributed by atoms with van der Waals surface area (Å²) in [5, 5.41) is 3.63. The molecule has 0 spiro atoms. The van der Waals surface area contributed by atoms with Crippen LogP contribution in [0.5, 0.6) is 0 Å². The van der Waals surface area contributed by atoms with E-state index in [0.29, 0.717) is 13.2 Å². The molecule has 1 saturated heterocycles. The number of nitrogens with zero attached hydrogens (tertiary/aromatic N) is 2. The number of rotatable bonds is 5. The van der Waals surface area contributed by atoms with Crippen LogP contribution in [0.3, 0.4) is 0 Å². The van der Waals surface area contributed by atoms with Gasteiger partial charge in [0.15, 0.2) is 0 Å². The third-order valence-electron chi connectivity index (χ3n) is 6.70. The predicted molar refractivity (Wildman–Crippen MR) is 150 cm³/mol. The molecule has 2 unspecified atom stereocenters. The van der Waals surface area contributed by atoms with E-state index < -0.39 is 0 Å². The number of ether oxygens (including phenoxy) is 1. The highest BCUT2D eigenvalue weighted by molar-refractivity contribution is 8.05. The van der Waals surface area contributed by atoms with Gasteiger partial charge in [-0.25, -0.2) is 0 Å². The summed E-state index contributed by atoms with van der Waals surface area (Å²) < 4.78 is 6.25. The summed E-state index contributed by atoms with van der Waals surface area (Å²) in [6.07, 6.45) is 5.46. The van der Waals surface area contributed by atoms with Crippen molar-refractivity contribution in [3.63, 3.8) is 0 Å². The molecule has 1 fully saturated rings. The summed E-state index contributed by atoms with van der Waals surface area (Å²) in [6, 6.07) is 19.1. The number of benzene rings is 2. The fourth-order valence-electron chi connectivity index (χ4n) is 4.82. The smallest absolute Gasteiger partial charge is 0.249 e. The quantitative estimate of drug-likeness (QED) is 0.272. The Labute approximate surface area is 224 Å². The maximum atomic E-state index is 11.8. The Kier molecular flexibility index (Phi) is 6.71. The molecule has 0 aliphatic carbocycles. The SMILES string of the molecule is Cc1cncc(C(C)Nc2ccc3c(c2)Sc2cccc(C4CN(c5cc[nH]c(=O)c5)CCO4)c2S3)c1. The van der Waals surface area contributed by atoms with Crippen molar-refractivity contribution in [3.05, 3.63) is 100 Å². The van der Waals surface area contributed by atoms with Crippen molar-refractivity contribution in [2.45, 2.75) is 45.6 Å². The van der Waals surface area contributed by atoms with Gasteiger partial charge in [-0.2, -0.15) is 0 Å². The number of morpholine rings is 1. The molecule has 6 nitrogen and oxygen atoms in total. The molecule has 0 amide bonds. The van der Waals surface area contributed by atoms with E-state index in [-0.39, 0.29) is 17.7 Å². The molecule has 4 aromatic rings. The summed E-state index contributed by atoms with van der Waals surface area (Å²) in [4.78, 5) is 26.1. The van der Waals surface area contributed by atoms with Gasteiger partial charge in [-0.1, -0.05) is 41.7 Å². The molecule has 37 heavy (non-hydrogen) atoms. The monoisotopic (exact) mass is 528 g/mol. The van der Waals surface area contributed by atoms with Crippen molar-refractivity contribution in [3.8, 4) is 0 Å². The second-order valence-electron chi connectivity index (χ2n) is 9.42. The van der Waals surface area contributed by atoms with Gasteiger partial charge in [0, 0.05) is 68.7 Å². The Bertz CT molecular complexity index is 1510. The molecule has 0 bridgehead atoms. The Morgan fingerprint density at radius 2 is 2.00 bits per heavy atom. The maximum absolute atomic E-state index is 11.8. The van der Waals surface area contributed by atoms with Gasteiger partial charge < -0.3 is 19.9 Å². The average Bonchev–Trinajstić information content (AvgIpc) is 2.91. The molecule has 4 heterocycles. The van der Waals surface area contributed by atoms with E-state index in [1.54, 1.807) is 12.3 Å². The van der Waals surface area contributed by atoms with Crippen molar-refractivity contribution in [1.29, 1.82) is 0 Å². The maximum Gasteiger partial charge on any atom is 0.249 e. The van der Waals surface area contributed by atoms with Crippen LogP contribution in [-0.4, -0.2) is 29.7 Å². The lowest BCUT2D eigenvalue weighted by Crippen LogP contribution is -2.39. The molecule has 2 aliphatic rings. The van der Waals surface area contributed by atoms with Gasteiger partial charge in [0.1, 0.15) is 6.10 Å². The molecule has 2 N–H and O–H groups in total. The molecular formula is C29H28N4O2S2. The minimum Gasteiger partial charge on any atom is -0.378 e. The second-order valence-corrected chi connectivity index (χ2v) is 11.6. The topological polar surface area (TPSA) is 70.2 Å². The molecule has 2 aromatic heterocycles. The lowest BCUT2D eigenvalue weighted by atomic mass is 10.1. The number of aryl methyl sites for hydroxylation is 1. The molecule has 0 radical (unpaired) electrons. The van der Waals surface area contributed by atoms with Crippen molar-refractivity contribution in [2.75, 3.05) is 29.9 Å². The van der Waals surface area contributed by atoms with Gasteiger partial charge >= 0.3 is 0 Å². The van der Waals surface area contributed by atoms with E-state index in [2.05, 4.69) is 76.5 Å². The van der Waals surface area contributed by atoms with Gasteiger partial charge in [-0.3, -0.25) is 9.78 Å². The first kappa shape index (κ1) is 24.2. The molecule has 2 aromatic carbocycles. The highest BCUT2D eigenvalue weighted by Crippen LogP contribution is 2.52. The van der Waals surface area contributed by atoms with Crippen LogP contribution >= 0.6 is 23.5 Å². The Morgan fingerprint density at radius 3 is 2.86 bits per heavy atom. The van der Waals surface area contributed by atoms with Crippen LogP contribution in [0, 0.1) is 6.92 Å². The fraction of sp³-hybridized carbons (Fsp3) is 0.241. The zero-order valence-corrected chi connectivity index (χ0v) is 22.4. The lowest BCUT2D eigenvalue weighted by Gasteiger charge is -2.36. The Hall–Kier alpha value is -3.20. The number of nitrogens with one attached hydrogen (secondary N) is 2. The number of aromatic amines is 1. The zero-order chi connectivity index (χ0) is 25.4. The molecule has 2 atom stereocenters. The van der Waals surface area contributed by atoms with E-state index in [4.69, 9.17) is 4.74 Å². The number of aromatic nitrogens is 2. The number of pyridine rings is 2. The van der Waals surface area contributed by atoms with Gasteiger partial charge in [0.25, 0.3) is 0 Å². The summed E-state index contributed by atoms with van der Waals surface area (Å²) in [7, 11) is 0. The average molecular weight is 529 g/mol. The van der Waals surface area contributed by atoms with E-state index in [1.165, 1.54) is 36.3 Å². The molecule has 8 heteroatoms. The molecule has 6 rings (SSSR count). The summed E-state index contributed by atoms with van der Waals surface area (Å²) in [6.45, 7) is 6.34. The summed E-state index contributed by atoms with van der Waals surface area (Å²) in [5.41, 5.74) is 5.50.